The van der Waals surface area contributed by atoms with E-state index in [0.29, 0.717) is 15.3 Å². The van der Waals surface area contributed by atoms with Gasteiger partial charge in [-0.25, -0.2) is 0 Å². The van der Waals surface area contributed by atoms with Crippen molar-refractivity contribution in [1.82, 2.24) is 10.2 Å². The lowest BCUT2D eigenvalue weighted by Crippen LogP contribution is -2.46. The van der Waals surface area contributed by atoms with Crippen LogP contribution < -0.4 is 5.32 Å². The van der Waals surface area contributed by atoms with Gasteiger partial charge in [0.2, 0.25) is 0 Å². The number of carbonyl (C=O) groups excluding carboxylic acids is 1. The Morgan fingerprint density at radius 1 is 1.47 bits per heavy atom. The molecular formula is C12H15ClN2OS. The van der Waals surface area contributed by atoms with E-state index < -0.39 is 0 Å². The number of hydrogen-bond acceptors (Lipinski definition) is 3. The highest BCUT2D eigenvalue weighted by Crippen LogP contribution is 2.27. The fraction of sp³-hybridized carbons (Fsp3) is 0.583. The number of hydrogen-bond donors (Lipinski definition) is 1. The summed E-state index contributed by atoms with van der Waals surface area (Å²) in [4.78, 5) is 15.1. The Balaban J connectivity index is 1.62. The number of halogens is 1. The summed E-state index contributed by atoms with van der Waals surface area (Å²) in [6.45, 7) is 3.42. The van der Waals surface area contributed by atoms with Crippen molar-refractivity contribution in [3.63, 3.8) is 0 Å². The minimum atomic E-state index is 0.0226. The molecule has 2 fully saturated rings. The third-order valence-electron chi connectivity index (χ3n) is 3.60. The minimum Gasteiger partial charge on any atom is -0.347 e. The molecule has 2 saturated heterocycles. The first-order valence-electron chi connectivity index (χ1n) is 5.99. The average molecular weight is 271 g/mol. The molecule has 1 N–H and O–H groups in total. The molecule has 1 aromatic heterocycles. The molecule has 0 aliphatic carbocycles. The highest BCUT2D eigenvalue weighted by atomic mass is 35.5. The lowest BCUT2D eigenvalue weighted by Gasteiger charge is -2.30. The Hall–Kier alpha value is -0.580. The van der Waals surface area contributed by atoms with E-state index in [2.05, 4.69) is 10.2 Å². The van der Waals surface area contributed by atoms with Gasteiger partial charge in [0, 0.05) is 19.1 Å². The number of fused-ring (bicyclic) bond motifs is 2. The van der Waals surface area contributed by atoms with E-state index in [0.717, 1.165) is 18.9 Å². The van der Waals surface area contributed by atoms with Crippen LogP contribution in [-0.4, -0.2) is 36.5 Å². The fourth-order valence-corrected chi connectivity index (χ4v) is 3.80. The summed E-state index contributed by atoms with van der Waals surface area (Å²) in [7, 11) is 0. The molecule has 1 unspecified atom stereocenters. The van der Waals surface area contributed by atoms with E-state index in [-0.39, 0.29) is 5.91 Å². The Kier molecular flexibility index (Phi) is 3.11. The molecule has 0 spiro atoms. The number of carbonyl (C=O) groups is 1. The van der Waals surface area contributed by atoms with Gasteiger partial charge in [-0.15, -0.1) is 11.3 Å². The molecule has 17 heavy (non-hydrogen) atoms. The number of amides is 1. The normalized spacial score (nSPS) is 31.5. The maximum absolute atomic E-state index is 12.0. The minimum absolute atomic E-state index is 0.0226. The second kappa shape index (κ2) is 4.59. The van der Waals surface area contributed by atoms with Crippen molar-refractivity contribution in [2.24, 2.45) is 5.92 Å². The van der Waals surface area contributed by atoms with Gasteiger partial charge < -0.3 is 10.2 Å². The predicted molar refractivity (Wildman–Crippen MR) is 69.7 cm³/mol. The second-order valence-electron chi connectivity index (χ2n) is 4.92. The Morgan fingerprint density at radius 2 is 2.35 bits per heavy atom. The first-order valence-corrected chi connectivity index (χ1v) is 7.19. The highest BCUT2D eigenvalue weighted by molar-refractivity contribution is 7.17. The zero-order chi connectivity index (χ0) is 11.8. The van der Waals surface area contributed by atoms with Crippen LogP contribution in [0.5, 0.6) is 0 Å². The van der Waals surface area contributed by atoms with Crippen LogP contribution in [0.2, 0.25) is 4.34 Å². The van der Waals surface area contributed by atoms with Crippen LogP contribution >= 0.6 is 22.9 Å². The van der Waals surface area contributed by atoms with Gasteiger partial charge in [-0.2, -0.15) is 0 Å². The third-order valence-corrected chi connectivity index (χ3v) is 4.83. The number of rotatable bonds is 2. The Bertz CT molecular complexity index is 422. The highest BCUT2D eigenvalue weighted by Gasteiger charge is 2.33. The summed E-state index contributed by atoms with van der Waals surface area (Å²) in [5, 5.41) is 3.12. The van der Waals surface area contributed by atoms with E-state index in [9.17, 15) is 4.79 Å². The predicted octanol–water partition coefficient (Wildman–Crippen LogP) is 2.23. The van der Waals surface area contributed by atoms with E-state index in [1.54, 1.807) is 12.1 Å². The van der Waals surface area contributed by atoms with E-state index in [4.69, 9.17) is 11.6 Å². The van der Waals surface area contributed by atoms with E-state index in [1.807, 2.05) is 0 Å². The first kappa shape index (κ1) is 11.5. The quantitative estimate of drug-likeness (QED) is 0.894. The molecule has 1 amide bonds. The topological polar surface area (TPSA) is 32.3 Å². The monoisotopic (exact) mass is 270 g/mol. The first-order chi connectivity index (χ1) is 8.20. The largest absolute Gasteiger partial charge is 0.347 e. The zero-order valence-corrected chi connectivity index (χ0v) is 11.1. The number of nitrogens with one attached hydrogen (secondary N) is 1. The molecule has 2 bridgehead atoms. The van der Waals surface area contributed by atoms with Crippen LogP contribution in [0.4, 0.5) is 0 Å². The maximum Gasteiger partial charge on any atom is 0.261 e. The van der Waals surface area contributed by atoms with Crippen LogP contribution in [0.25, 0.3) is 0 Å². The molecule has 0 radical (unpaired) electrons. The van der Waals surface area contributed by atoms with Crippen molar-refractivity contribution in [2.45, 2.75) is 18.9 Å². The smallest absolute Gasteiger partial charge is 0.261 e. The van der Waals surface area contributed by atoms with Gasteiger partial charge in [-0.1, -0.05) is 11.6 Å². The molecule has 2 aliphatic heterocycles. The van der Waals surface area contributed by atoms with Crippen molar-refractivity contribution in [3.8, 4) is 0 Å². The van der Waals surface area contributed by atoms with Gasteiger partial charge in [-0.3, -0.25) is 4.79 Å². The molecule has 3 rings (SSSR count). The third kappa shape index (κ3) is 2.49. The maximum atomic E-state index is 12.0. The number of thiophene rings is 1. The summed E-state index contributed by atoms with van der Waals surface area (Å²) in [6, 6.07) is 3.87. The summed E-state index contributed by atoms with van der Waals surface area (Å²) in [6.07, 6.45) is 2.42. The van der Waals surface area contributed by atoms with Crippen molar-refractivity contribution in [1.29, 1.82) is 0 Å². The second-order valence-corrected chi connectivity index (χ2v) is 6.64. The average Bonchev–Trinajstić information content (AvgIpc) is 2.85. The summed E-state index contributed by atoms with van der Waals surface area (Å²) < 4.78 is 0.669. The van der Waals surface area contributed by atoms with Gasteiger partial charge in [0.25, 0.3) is 5.91 Å². The standard InChI is InChI=1S/C12H15ClN2OS/c13-11-2-1-10(17-11)12(16)14-9-5-8-3-4-15(6-8)7-9/h1-2,8-9H,3-7H2,(H,14,16)/t8-,9+/m1/s1. The molecule has 3 heterocycles. The number of nitrogens with zero attached hydrogens (tertiary/aromatic N) is 1. The van der Waals surface area contributed by atoms with Crippen molar-refractivity contribution in [2.75, 3.05) is 19.6 Å². The van der Waals surface area contributed by atoms with Gasteiger partial charge in [-0.05, 0) is 37.4 Å². The molecule has 0 saturated carbocycles. The molecular weight excluding hydrogens is 256 g/mol. The van der Waals surface area contributed by atoms with Crippen molar-refractivity contribution in [3.05, 3.63) is 21.3 Å². The molecule has 5 heteroatoms. The fourth-order valence-electron chi connectivity index (χ4n) is 2.86. The summed E-state index contributed by atoms with van der Waals surface area (Å²) >= 11 is 7.18. The molecule has 3 nitrogen and oxygen atoms in total. The molecule has 1 aromatic rings. The van der Waals surface area contributed by atoms with Crippen LogP contribution in [0.3, 0.4) is 0 Å². The van der Waals surface area contributed by atoms with Crippen LogP contribution in [0, 0.1) is 5.92 Å². The van der Waals surface area contributed by atoms with E-state index in [1.165, 1.54) is 30.8 Å². The SMILES string of the molecule is O=C(N[C@H]1C[C@H]2CCN(C2)C1)c1ccc(Cl)s1. The van der Waals surface area contributed by atoms with Crippen molar-refractivity contribution < 1.29 is 4.79 Å². The molecule has 0 aromatic carbocycles. The van der Waals surface area contributed by atoms with Gasteiger partial charge in [0.1, 0.15) is 0 Å². The van der Waals surface area contributed by atoms with Crippen molar-refractivity contribution >= 4 is 28.8 Å². The number of piperidine rings is 1. The summed E-state index contributed by atoms with van der Waals surface area (Å²) in [5.41, 5.74) is 0. The van der Waals surface area contributed by atoms with Gasteiger partial charge >= 0.3 is 0 Å². The van der Waals surface area contributed by atoms with Crippen LogP contribution in [0.15, 0.2) is 12.1 Å². The lowest BCUT2D eigenvalue weighted by molar-refractivity contribution is 0.0913. The van der Waals surface area contributed by atoms with Crippen LogP contribution in [0.1, 0.15) is 22.5 Å². The van der Waals surface area contributed by atoms with Crippen LogP contribution in [-0.2, 0) is 0 Å². The Morgan fingerprint density at radius 3 is 3.06 bits per heavy atom. The summed E-state index contributed by atoms with van der Waals surface area (Å²) in [5.74, 6) is 0.801. The van der Waals surface area contributed by atoms with Gasteiger partial charge in [0.15, 0.2) is 0 Å². The lowest BCUT2D eigenvalue weighted by atomic mass is 9.97. The molecule has 3 atom stereocenters. The van der Waals surface area contributed by atoms with E-state index >= 15 is 0 Å². The zero-order valence-electron chi connectivity index (χ0n) is 9.49. The molecule has 2 aliphatic rings. The molecule has 92 valence electrons. The van der Waals surface area contributed by atoms with Gasteiger partial charge in [0.05, 0.1) is 9.21 Å². The Labute approximate surface area is 110 Å².